The first-order chi connectivity index (χ1) is 15.1. The maximum absolute atomic E-state index is 13.0. The minimum atomic E-state index is -0.280. The van der Waals surface area contributed by atoms with Crippen molar-refractivity contribution < 1.29 is 14.3 Å². The lowest BCUT2D eigenvalue weighted by molar-refractivity contribution is -0.131. The van der Waals surface area contributed by atoms with Crippen molar-refractivity contribution in [2.45, 2.75) is 12.8 Å². The van der Waals surface area contributed by atoms with Crippen LogP contribution in [0.25, 0.3) is 10.4 Å². The zero-order valence-corrected chi connectivity index (χ0v) is 18.4. The predicted molar refractivity (Wildman–Crippen MR) is 123 cm³/mol. The Balaban J connectivity index is 1.50. The van der Waals surface area contributed by atoms with Gasteiger partial charge in [0.1, 0.15) is 5.75 Å². The molecule has 160 valence electrons. The van der Waals surface area contributed by atoms with Crippen molar-refractivity contribution in [3.05, 3.63) is 77.2 Å². The molecule has 2 heterocycles. The number of carbonyl (C=O) groups excluding carboxylic acids is 2. The largest absolute Gasteiger partial charge is 0.497 e. The van der Waals surface area contributed by atoms with Crippen LogP contribution in [0.5, 0.6) is 5.75 Å². The van der Waals surface area contributed by atoms with E-state index in [9.17, 15) is 9.59 Å². The normalized spacial score (nSPS) is 16.5. The van der Waals surface area contributed by atoms with Crippen molar-refractivity contribution in [1.29, 1.82) is 0 Å². The van der Waals surface area contributed by atoms with E-state index in [1.807, 2.05) is 47.4 Å². The lowest BCUT2D eigenvalue weighted by Gasteiger charge is -2.24. The second-order valence-electron chi connectivity index (χ2n) is 7.69. The molecule has 31 heavy (non-hydrogen) atoms. The van der Waals surface area contributed by atoms with Gasteiger partial charge in [-0.05, 0) is 46.7 Å². The molecular formula is C25H26N2O3S. The van der Waals surface area contributed by atoms with E-state index < -0.39 is 0 Å². The van der Waals surface area contributed by atoms with E-state index in [4.69, 9.17) is 4.74 Å². The van der Waals surface area contributed by atoms with Crippen LogP contribution < -0.4 is 10.1 Å². The molecule has 6 heteroatoms. The van der Waals surface area contributed by atoms with Crippen LogP contribution in [0.2, 0.25) is 0 Å². The Hall–Kier alpha value is -3.12. The van der Waals surface area contributed by atoms with Gasteiger partial charge in [0.25, 0.3) is 0 Å². The van der Waals surface area contributed by atoms with Gasteiger partial charge in [-0.2, -0.15) is 0 Å². The van der Waals surface area contributed by atoms with E-state index in [2.05, 4.69) is 28.9 Å². The van der Waals surface area contributed by atoms with Crippen LogP contribution in [0.1, 0.15) is 11.1 Å². The highest BCUT2D eigenvalue weighted by molar-refractivity contribution is 7.13. The molecule has 2 amide bonds. The number of nitrogens with zero attached hydrogens (tertiary/aromatic N) is 1. The first kappa shape index (κ1) is 21.1. The van der Waals surface area contributed by atoms with Gasteiger partial charge < -0.3 is 15.0 Å². The molecule has 1 saturated heterocycles. The molecule has 0 radical (unpaired) electrons. The fourth-order valence-electron chi connectivity index (χ4n) is 3.99. The summed E-state index contributed by atoms with van der Waals surface area (Å²) >= 11 is 1.69. The van der Waals surface area contributed by atoms with Crippen molar-refractivity contribution in [1.82, 2.24) is 10.2 Å². The van der Waals surface area contributed by atoms with Gasteiger partial charge >= 0.3 is 0 Å². The number of nitrogens with one attached hydrogen (secondary N) is 1. The number of ether oxygens (including phenoxy) is 1. The van der Waals surface area contributed by atoms with Gasteiger partial charge in [-0.15, -0.1) is 11.3 Å². The summed E-state index contributed by atoms with van der Waals surface area (Å²) in [7, 11) is 1.62. The Labute approximate surface area is 186 Å². The average molecular weight is 435 g/mol. The molecule has 3 aromatic rings. The highest BCUT2D eigenvalue weighted by atomic mass is 32.1. The number of rotatable bonds is 6. The maximum Gasteiger partial charge on any atom is 0.227 e. The highest BCUT2D eigenvalue weighted by Gasteiger charge is 2.28. The monoisotopic (exact) mass is 434 g/mol. The molecule has 0 saturated carbocycles. The summed E-state index contributed by atoms with van der Waals surface area (Å²) < 4.78 is 5.26. The highest BCUT2D eigenvalue weighted by Crippen LogP contribution is 2.30. The predicted octanol–water partition coefficient (Wildman–Crippen LogP) is 3.78. The molecule has 1 aromatic heterocycles. The molecule has 0 aliphatic carbocycles. The van der Waals surface area contributed by atoms with Crippen LogP contribution >= 0.6 is 11.3 Å². The molecular weight excluding hydrogens is 408 g/mol. The lowest BCUT2D eigenvalue weighted by atomic mass is 9.94. The summed E-state index contributed by atoms with van der Waals surface area (Å²) in [5, 5.41) is 5.04. The van der Waals surface area contributed by atoms with E-state index in [1.54, 1.807) is 18.4 Å². The molecule has 2 aromatic carbocycles. The van der Waals surface area contributed by atoms with E-state index >= 15 is 0 Å². The van der Waals surface area contributed by atoms with Crippen molar-refractivity contribution in [3.63, 3.8) is 0 Å². The molecule has 1 fully saturated rings. The fourth-order valence-corrected chi connectivity index (χ4v) is 4.77. The van der Waals surface area contributed by atoms with Crippen LogP contribution in [-0.4, -0.2) is 43.5 Å². The first-order valence-electron chi connectivity index (χ1n) is 10.4. The Morgan fingerprint density at radius 2 is 2.03 bits per heavy atom. The van der Waals surface area contributed by atoms with Gasteiger partial charge in [0.05, 0.1) is 19.4 Å². The van der Waals surface area contributed by atoms with Gasteiger partial charge in [-0.1, -0.05) is 42.5 Å². The summed E-state index contributed by atoms with van der Waals surface area (Å²) in [6, 6.07) is 19.9. The fraction of sp³-hybridized carbons (Fsp3) is 0.280. The third-order valence-electron chi connectivity index (χ3n) is 5.61. The lowest BCUT2D eigenvalue weighted by Crippen LogP contribution is -2.38. The smallest absolute Gasteiger partial charge is 0.227 e. The summed E-state index contributed by atoms with van der Waals surface area (Å²) in [5.74, 6) is 0.498. The Bertz CT molecular complexity index is 1050. The third kappa shape index (κ3) is 5.14. The quantitative estimate of drug-likeness (QED) is 0.642. The van der Waals surface area contributed by atoms with Gasteiger partial charge in [0.15, 0.2) is 0 Å². The van der Waals surface area contributed by atoms with Crippen LogP contribution in [0.15, 0.2) is 66.0 Å². The Morgan fingerprint density at radius 1 is 1.16 bits per heavy atom. The summed E-state index contributed by atoms with van der Waals surface area (Å²) in [5.41, 5.74) is 3.20. The van der Waals surface area contributed by atoms with E-state index in [0.29, 0.717) is 32.5 Å². The van der Waals surface area contributed by atoms with Crippen LogP contribution in [0, 0.1) is 5.92 Å². The summed E-state index contributed by atoms with van der Waals surface area (Å²) in [6.45, 7) is 1.43. The zero-order chi connectivity index (χ0) is 21.6. The number of amides is 2. The van der Waals surface area contributed by atoms with Crippen LogP contribution in [0.3, 0.4) is 0 Å². The van der Waals surface area contributed by atoms with Gasteiger partial charge in [0, 0.05) is 24.5 Å². The number of hydrogen-bond acceptors (Lipinski definition) is 4. The molecule has 5 nitrogen and oxygen atoms in total. The molecule has 1 unspecified atom stereocenters. The minimum absolute atomic E-state index is 0.0117. The Morgan fingerprint density at radius 3 is 2.84 bits per heavy atom. The first-order valence-corrected chi connectivity index (χ1v) is 11.3. The molecule has 1 atom stereocenters. The van der Waals surface area contributed by atoms with Crippen molar-refractivity contribution in [3.8, 4) is 16.2 Å². The number of methoxy groups -OCH3 is 1. The molecule has 1 aliphatic rings. The van der Waals surface area contributed by atoms with Crippen molar-refractivity contribution in [2.75, 3.05) is 26.7 Å². The topological polar surface area (TPSA) is 58.6 Å². The van der Waals surface area contributed by atoms with E-state index in [0.717, 1.165) is 22.4 Å². The number of carbonyl (C=O) groups is 2. The third-order valence-corrected chi connectivity index (χ3v) is 6.51. The number of hydrogen-bond donors (Lipinski definition) is 1. The average Bonchev–Trinajstić information content (AvgIpc) is 3.26. The molecule has 1 aliphatic heterocycles. The SMILES string of the molecule is COc1cccc(CC(=O)N2CCNC(=O)C(Cc3ccccc3-c3cccs3)C2)c1. The number of thiophene rings is 1. The minimum Gasteiger partial charge on any atom is -0.497 e. The van der Waals surface area contributed by atoms with Crippen molar-refractivity contribution >= 4 is 23.2 Å². The van der Waals surface area contributed by atoms with Crippen LogP contribution in [0.4, 0.5) is 0 Å². The summed E-state index contributed by atoms with van der Waals surface area (Å²) in [4.78, 5) is 28.8. The number of benzene rings is 2. The standard InChI is InChI=1S/C25H26N2O3S/c1-30-21-8-4-6-18(14-21)15-24(28)27-12-11-26-25(29)20(17-27)16-19-7-2-3-9-22(19)23-10-5-13-31-23/h2-10,13-14,20H,11-12,15-17H2,1H3,(H,26,29). The van der Waals surface area contributed by atoms with Gasteiger partial charge in [-0.25, -0.2) is 0 Å². The Kier molecular flexibility index (Phi) is 6.67. The molecule has 0 bridgehead atoms. The van der Waals surface area contributed by atoms with E-state index in [1.165, 1.54) is 4.88 Å². The molecule has 1 N–H and O–H groups in total. The maximum atomic E-state index is 13.0. The van der Waals surface area contributed by atoms with Gasteiger partial charge in [-0.3, -0.25) is 9.59 Å². The molecule has 0 spiro atoms. The summed E-state index contributed by atoms with van der Waals surface area (Å²) in [6.07, 6.45) is 0.896. The van der Waals surface area contributed by atoms with E-state index in [-0.39, 0.29) is 17.7 Å². The second-order valence-corrected chi connectivity index (χ2v) is 8.64. The van der Waals surface area contributed by atoms with Crippen LogP contribution in [-0.2, 0) is 22.4 Å². The van der Waals surface area contributed by atoms with Crippen molar-refractivity contribution in [2.24, 2.45) is 5.92 Å². The molecule has 4 rings (SSSR count). The zero-order valence-electron chi connectivity index (χ0n) is 17.5. The second kappa shape index (κ2) is 9.79. The van der Waals surface area contributed by atoms with Gasteiger partial charge in [0.2, 0.25) is 11.8 Å².